The van der Waals surface area contributed by atoms with E-state index in [0.717, 1.165) is 11.0 Å². The molecular weight excluding hydrogens is 396 g/mol. The Morgan fingerprint density at radius 1 is 1.21 bits per heavy atom. The van der Waals surface area contributed by atoms with E-state index >= 15 is 0 Å². The number of carbonyl (C=O) groups excluding carboxylic acids is 1. The third-order valence-corrected chi connectivity index (χ3v) is 8.06. The molecule has 0 aliphatic carbocycles. The summed E-state index contributed by atoms with van der Waals surface area (Å²) in [6.45, 7) is 2.95. The zero-order chi connectivity index (χ0) is 19.7. The Hall–Kier alpha value is -2.23. The molecule has 9 heteroatoms. The van der Waals surface area contributed by atoms with Crippen LogP contribution in [0.2, 0.25) is 0 Å². The van der Waals surface area contributed by atoms with Gasteiger partial charge in [-0.1, -0.05) is 18.2 Å². The molecule has 1 N–H and O–H groups in total. The Morgan fingerprint density at radius 2 is 1.96 bits per heavy atom. The van der Waals surface area contributed by atoms with E-state index in [1.807, 2.05) is 40.7 Å². The number of sulfonamides is 1. The molecule has 1 unspecified atom stereocenters. The predicted molar refractivity (Wildman–Crippen MR) is 109 cm³/mol. The molecular formula is C19H22N4O3S2. The molecule has 0 bridgehead atoms. The molecule has 0 saturated carbocycles. The number of benzene rings is 1. The van der Waals surface area contributed by atoms with E-state index in [-0.39, 0.29) is 18.0 Å². The van der Waals surface area contributed by atoms with E-state index in [1.165, 1.54) is 11.3 Å². The molecule has 148 valence electrons. The van der Waals surface area contributed by atoms with Crippen LogP contribution in [0.15, 0.2) is 52.3 Å². The first-order valence-corrected chi connectivity index (χ1v) is 11.6. The number of carbonyl (C=O) groups is 1. The normalized spacial score (nSPS) is 17.1. The molecule has 1 aliphatic rings. The minimum Gasteiger partial charge on any atom is -0.341 e. The Labute approximate surface area is 168 Å². The summed E-state index contributed by atoms with van der Waals surface area (Å²) in [6.07, 6.45) is 2.91. The monoisotopic (exact) mass is 418 g/mol. The number of hydrogen-bond donors (Lipinski definition) is 1. The predicted octanol–water partition coefficient (Wildman–Crippen LogP) is 2.63. The molecule has 3 aromatic rings. The van der Waals surface area contributed by atoms with Crippen molar-refractivity contribution in [3.8, 4) is 0 Å². The van der Waals surface area contributed by atoms with E-state index in [4.69, 9.17) is 0 Å². The second kappa shape index (κ2) is 7.65. The topological polar surface area (TPSA) is 84.3 Å². The van der Waals surface area contributed by atoms with Crippen LogP contribution in [-0.2, 0) is 14.8 Å². The van der Waals surface area contributed by atoms with Gasteiger partial charge in [-0.15, -0.1) is 11.3 Å². The standard InChI is InChI=1S/C19H22N4O3S2/c1-14(23-13-20-16-5-2-3-6-17(16)23)19(24)22-10-8-15(9-11-22)21-28(25,26)18-7-4-12-27-18/h2-7,12-15,21H,8-11H2,1H3. The molecule has 7 nitrogen and oxygen atoms in total. The summed E-state index contributed by atoms with van der Waals surface area (Å²) in [7, 11) is -3.48. The maximum Gasteiger partial charge on any atom is 0.250 e. The van der Waals surface area contributed by atoms with E-state index in [2.05, 4.69) is 9.71 Å². The summed E-state index contributed by atoms with van der Waals surface area (Å²) in [5.74, 6) is 0.0303. The van der Waals surface area contributed by atoms with E-state index in [1.54, 1.807) is 23.8 Å². The van der Waals surface area contributed by atoms with Crippen LogP contribution in [0.5, 0.6) is 0 Å². The molecule has 2 aromatic heterocycles. The number of para-hydroxylation sites is 2. The van der Waals surface area contributed by atoms with Crippen molar-refractivity contribution < 1.29 is 13.2 Å². The third kappa shape index (κ3) is 3.69. The van der Waals surface area contributed by atoms with Gasteiger partial charge in [0.15, 0.2) is 0 Å². The average Bonchev–Trinajstić information content (AvgIpc) is 3.37. The molecule has 1 aromatic carbocycles. The molecule has 3 heterocycles. The number of hydrogen-bond acceptors (Lipinski definition) is 5. The Kier molecular flexibility index (Phi) is 5.22. The maximum atomic E-state index is 13.0. The van der Waals surface area contributed by atoms with E-state index < -0.39 is 10.0 Å². The number of amides is 1. The number of imidazole rings is 1. The fraction of sp³-hybridized carbons (Fsp3) is 0.368. The lowest BCUT2D eigenvalue weighted by Crippen LogP contribution is -2.47. The van der Waals surface area contributed by atoms with Gasteiger partial charge in [0.2, 0.25) is 15.9 Å². The fourth-order valence-electron chi connectivity index (χ4n) is 3.58. The van der Waals surface area contributed by atoms with Crippen LogP contribution >= 0.6 is 11.3 Å². The van der Waals surface area contributed by atoms with Gasteiger partial charge in [0.05, 0.1) is 17.4 Å². The zero-order valence-electron chi connectivity index (χ0n) is 15.5. The number of likely N-dealkylation sites (tertiary alicyclic amines) is 1. The van der Waals surface area contributed by atoms with Gasteiger partial charge in [-0.05, 0) is 43.3 Å². The summed E-state index contributed by atoms with van der Waals surface area (Å²) in [5.41, 5.74) is 1.80. The minimum absolute atomic E-state index is 0.0303. The molecule has 1 atom stereocenters. The van der Waals surface area contributed by atoms with Crippen molar-refractivity contribution in [2.45, 2.75) is 36.1 Å². The van der Waals surface area contributed by atoms with Gasteiger partial charge < -0.3 is 9.47 Å². The number of nitrogens with one attached hydrogen (secondary N) is 1. The Morgan fingerprint density at radius 3 is 2.68 bits per heavy atom. The van der Waals surface area contributed by atoms with Gasteiger partial charge >= 0.3 is 0 Å². The van der Waals surface area contributed by atoms with Crippen molar-refractivity contribution >= 4 is 38.3 Å². The maximum absolute atomic E-state index is 13.0. The van der Waals surface area contributed by atoms with Crippen molar-refractivity contribution in [3.05, 3.63) is 48.1 Å². The summed E-state index contributed by atoms with van der Waals surface area (Å²) in [5, 5.41) is 1.75. The number of piperidine rings is 1. The van der Waals surface area contributed by atoms with Crippen molar-refractivity contribution in [3.63, 3.8) is 0 Å². The first-order chi connectivity index (χ1) is 13.5. The molecule has 0 radical (unpaired) electrons. The minimum atomic E-state index is -3.48. The summed E-state index contributed by atoms with van der Waals surface area (Å²) < 4.78 is 29.7. The Bertz CT molecular complexity index is 1070. The second-order valence-corrected chi connectivity index (χ2v) is 9.86. The van der Waals surface area contributed by atoms with Crippen molar-refractivity contribution in [2.24, 2.45) is 0 Å². The van der Waals surface area contributed by atoms with Crippen LogP contribution in [0.1, 0.15) is 25.8 Å². The van der Waals surface area contributed by atoms with Gasteiger partial charge in [-0.25, -0.2) is 18.1 Å². The highest BCUT2D eigenvalue weighted by Crippen LogP contribution is 2.22. The lowest BCUT2D eigenvalue weighted by Gasteiger charge is -2.34. The number of rotatable bonds is 5. The summed E-state index contributed by atoms with van der Waals surface area (Å²) in [6, 6.07) is 10.6. The zero-order valence-corrected chi connectivity index (χ0v) is 17.1. The molecule has 1 aliphatic heterocycles. The van der Waals surface area contributed by atoms with Crippen molar-refractivity contribution in [1.82, 2.24) is 19.2 Å². The lowest BCUT2D eigenvalue weighted by atomic mass is 10.1. The van der Waals surface area contributed by atoms with Gasteiger partial charge in [0.25, 0.3) is 0 Å². The van der Waals surface area contributed by atoms with Gasteiger partial charge in [-0.3, -0.25) is 4.79 Å². The van der Waals surface area contributed by atoms with Crippen molar-refractivity contribution in [1.29, 1.82) is 0 Å². The van der Waals surface area contributed by atoms with Gasteiger partial charge in [0.1, 0.15) is 10.3 Å². The molecule has 0 spiro atoms. The molecule has 28 heavy (non-hydrogen) atoms. The van der Waals surface area contributed by atoms with Crippen LogP contribution < -0.4 is 4.72 Å². The van der Waals surface area contributed by atoms with Crippen LogP contribution in [0, 0.1) is 0 Å². The van der Waals surface area contributed by atoms with E-state index in [9.17, 15) is 13.2 Å². The number of nitrogens with zero attached hydrogens (tertiary/aromatic N) is 3. The van der Waals surface area contributed by atoms with Crippen LogP contribution in [0.25, 0.3) is 11.0 Å². The molecule has 1 amide bonds. The summed E-state index contributed by atoms with van der Waals surface area (Å²) >= 11 is 1.20. The first-order valence-electron chi connectivity index (χ1n) is 9.22. The molecule has 1 fully saturated rings. The average molecular weight is 419 g/mol. The number of fused-ring (bicyclic) bond motifs is 1. The second-order valence-electron chi connectivity index (χ2n) is 6.97. The number of thiophene rings is 1. The van der Waals surface area contributed by atoms with Gasteiger partial charge in [0, 0.05) is 19.1 Å². The smallest absolute Gasteiger partial charge is 0.250 e. The highest BCUT2D eigenvalue weighted by atomic mass is 32.2. The highest BCUT2D eigenvalue weighted by molar-refractivity contribution is 7.91. The molecule has 1 saturated heterocycles. The highest BCUT2D eigenvalue weighted by Gasteiger charge is 2.29. The van der Waals surface area contributed by atoms with Crippen LogP contribution in [0.3, 0.4) is 0 Å². The SMILES string of the molecule is CC(C(=O)N1CCC(NS(=O)(=O)c2cccs2)CC1)n1cnc2ccccc21. The van der Waals surface area contributed by atoms with Crippen LogP contribution in [-0.4, -0.2) is 47.9 Å². The van der Waals surface area contributed by atoms with Crippen molar-refractivity contribution in [2.75, 3.05) is 13.1 Å². The summed E-state index contributed by atoms with van der Waals surface area (Å²) in [4.78, 5) is 19.1. The Balaban J connectivity index is 1.39. The van der Waals surface area contributed by atoms with Crippen LogP contribution in [0.4, 0.5) is 0 Å². The lowest BCUT2D eigenvalue weighted by molar-refractivity contribution is -0.135. The quantitative estimate of drug-likeness (QED) is 0.690. The first kappa shape index (κ1) is 19.1. The fourth-order valence-corrected chi connectivity index (χ4v) is 5.90. The largest absolute Gasteiger partial charge is 0.341 e. The van der Waals surface area contributed by atoms with E-state index in [0.29, 0.717) is 30.1 Å². The molecule has 4 rings (SSSR count). The number of aromatic nitrogens is 2. The third-order valence-electron chi connectivity index (χ3n) is 5.14. The van der Waals surface area contributed by atoms with Gasteiger partial charge in [-0.2, -0.15) is 0 Å².